The highest BCUT2D eigenvalue weighted by atomic mass is 32.1. The summed E-state index contributed by atoms with van der Waals surface area (Å²) in [5, 5.41) is 14.4. The first-order valence-electron chi connectivity index (χ1n) is 10.9. The molecule has 0 saturated heterocycles. The van der Waals surface area contributed by atoms with E-state index in [1.807, 2.05) is 36.7 Å². The van der Waals surface area contributed by atoms with E-state index in [9.17, 15) is 4.79 Å². The Hall–Kier alpha value is -2.74. The number of ether oxygens (including phenoxy) is 1. The maximum Gasteiger partial charge on any atom is 0.230 e. The molecule has 0 aliphatic carbocycles. The van der Waals surface area contributed by atoms with Crippen LogP contribution in [0.2, 0.25) is 0 Å². The second-order valence-corrected chi connectivity index (χ2v) is 8.55. The summed E-state index contributed by atoms with van der Waals surface area (Å²) in [6, 6.07) is 16.0. The molecular weight excluding hydrogens is 422 g/mol. The number of carbonyl (C=O) groups is 1. The van der Waals surface area contributed by atoms with Gasteiger partial charge >= 0.3 is 0 Å². The SMILES string of the molecule is CCc1ccc(-c2csc(NC(=O)Cc3cccc(OCCCN(C)CCO)c3)n2)cc1. The Labute approximate surface area is 193 Å². The summed E-state index contributed by atoms with van der Waals surface area (Å²) >= 11 is 1.43. The Morgan fingerprint density at radius 3 is 2.72 bits per heavy atom. The maximum atomic E-state index is 12.5. The third-order valence-corrected chi connectivity index (χ3v) is 5.86. The lowest BCUT2D eigenvalue weighted by molar-refractivity contribution is -0.115. The molecule has 0 spiro atoms. The Kier molecular flexibility index (Phi) is 9.22. The molecule has 2 aromatic carbocycles. The lowest BCUT2D eigenvalue weighted by Crippen LogP contribution is -2.24. The molecular formula is C25H31N3O3S. The number of nitrogens with one attached hydrogen (secondary N) is 1. The lowest BCUT2D eigenvalue weighted by atomic mass is 10.1. The number of carbonyl (C=O) groups excluding carboxylic acids is 1. The van der Waals surface area contributed by atoms with E-state index in [1.54, 1.807) is 0 Å². The van der Waals surface area contributed by atoms with Gasteiger partial charge in [-0.2, -0.15) is 0 Å². The number of hydrogen-bond acceptors (Lipinski definition) is 6. The molecule has 0 bridgehead atoms. The van der Waals surface area contributed by atoms with Gasteiger partial charge in [0.25, 0.3) is 0 Å². The molecule has 0 aliphatic heterocycles. The Morgan fingerprint density at radius 1 is 1.16 bits per heavy atom. The van der Waals surface area contributed by atoms with E-state index < -0.39 is 0 Å². The van der Waals surface area contributed by atoms with Gasteiger partial charge in [0, 0.05) is 24.0 Å². The number of benzene rings is 2. The first-order chi connectivity index (χ1) is 15.6. The summed E-state index contributed by atoms with van der Waals surface area (Å²) in [4.78, 5) is 19.1. The van der Waals surface area contributed by atoms with Gasteiger partial charge in [-0.1, -0.05) is 43.3 Å². The standard InChI is InChI=1S/C25H31N3O3S/c1-3-19-8-10-21(11-9-19)23-18-32-25(26-23)27-24(30)17-20-6-4-7-22(16-20)31-15-5-12-28(2)13-14-29/h4,6-11,16,18,29H,3,5,12-15,17H2,1-2H3,(H,26,27,30). The summed E-state index contributed by atoms with van der Waals surface area (Å²) in [6.45, 7) is 4.41. The minimum Gasteiger partial charge on any atom is -0.494 e. The smallest absolute Gasteiger partial charge is 0.230 e. The molecule has 1 aromatic heterocycles. The molecule has 0 saturated carbocycles. The minimum atomic E-state index is -0.102. The second kappa shape index (κ2) is 12.3. The average molecular weight is 454 g/mol. The van der Waals surface area contributed by atoms with Crippen LogP contribution in [-0.2, 0) is 17.6 Å². The number of aryl methyl sites for hydroxylation is 1. The van der Waals surface area contributed by atoms with Crippen LogP contribution in [-0.4, -0.2) is 54.2 Å². The van der Waals surface area contributed by atoms with E-state index in [-0.39, 0.29) is 18.9 Å². The molecule has 1 heterocycles. The highest BCUT2D eigenvalue weighted by Gasteiger charge is 2.10. The fourth-order valence-corrected chi connectivity index (χ4v) is 4.01. The Bertz CT molecular complexity index is 988. The largest absolute Gasteiger partial charge is 0.494 e. The van der Waals surface area contributed by atoms with Crippen LogP contribution in [0.15, 0.2) is 53.9 Å². The first-order valence-corrected chi connectivity index (χ1v) is 11.8. The number of aliphatic hydroxyl groups is 1. The highest BCUT2D eigenvalue weighted by molar-refractivity contribution is 7.14. The topological polar surface area (TPSA) is 74.7 Å². The molecule has 3 aromatic rings. The lowest BCUT2D eigenvalue weighted by Gasteiger charge is -2.15. The number of hydrogen-bond donors (Lipinski definition) is 2. The number of nitrogens with zero attached hydrogens (tertiary/aromatic N) is 2. The summed E-state index contributed by atoms with van der Waals surface area (Å²) in [7, 11) is 1.98. The molecule has 2 N–H and O–H groups in total. The van der Waals surface area contributed by atoms with Crippen LogP contribution >= 0.6 is 11.3 Å². The van der Waals surface area contributed by atoms with Gasteiger partial charge in [0.2, 0.25) is 5.91 Å². The van der Waals surface area contributed by atoms with Gasteiger partial charge < -0.3 is 20.1 Å². The zero-order valence-electron chi connectivity index (χ0n) is 18.7. The molecule has 170 valence electrons. The number of aromatic nitrogens is 1. The molecule has 0 unspecified atom stereocenters. The number of rotatable bonds is 12. The van der Waals surface area contributed by atoms with E-state index in [0.29, 0.717) is 18.3 Å². The summed E-state index contributed by atoms with van der Waals surface area (Å²) in [5.74, 6) is 0.655. The average Bonchev–Trinajstić information content (AvgIpc) is 3.25. The van der Waals surface area contributed by atoms with Gasteiger partial charge in [0.05, 0.1) is 25.3 Å². The molecule has 1 amide bonds. The number of thiazole rings is 1. The summed E-state index contributed by atoms with van der Waals surface area (Å²) in [5.41, 5.74) is 4.10. The van der Waals surface area contributed by atoms with Crippen molar-refractivity contribution in [2.75, 3.05) is 38.7 Å². The van der Waals surface area contributed by atoms with Crippen molar-refractivity contribution in [2.45, 2.75) is 26.2 Å². The fraction of sp³-hybridized carbons (Fsp3) is 0.360. The molecule has 0 radical (unpaired) electrons. The zero-order chi connectivity index (χ0) is 22.8. The molecule has 3 rings (SSSR count). The van der Waals surface area contributed by atoms with Crippen LogP contribution in [0.5, 0.6) is 5.75 Å². The summed E-state index contributed by atoms with van der Waals surface area (Å²) < 4.78 is 5.81. The van der Waals surface area contributed by atoms with Crippen molar-refractivity contribution in [3.05, 3.63) is 65.0 Å². The number of likely N-dealkylation sites (N-methyl/N-ethyl adjacent to an activating group) is 1. The summed E-state index contributed by atoms with van der Waals surface area (Å²) in [6.07, 6.45) is 2.14. The molecule has 7 heteroatoms. The molecule has 0 fully saturated rings. The number of anilines is 1. The zero-order valence-corrected chi connectivity index (χ0v) is 19.5. The predicted molar refractivity (Wildman–Crippen MR) is 130 cm³/mol. The van der Waals surface area contributed by atoms with Crippen LogP contribution in [0.25, 0.3) is 11.3 Å². The van der Waals surface area contributed by atoms with Crippen molar-refractivity contribution in [1.29, 1.82) is 0 Å². The Balaban J connectivity index is 1.48. The number of amides is 1. The van der Waals surface area contributed by atoms with Gasteiger partial charge in [-0.15, -0.1) is 11.3 Å². The van der Waals surface area contributed by atoms with Crippen molar-refractivity contribution in [3.63, 3.8) is 0 Å². The first kappa shape index (κ1) is 23.9. The van der Waals surface area contributed by atoms with Crippen LogP contribution < -0.4 is 10.1 Å². The van der Waals surface area contributed by atoms with Crippen LogP contribution in [0.3, 0.4) is 0 Å². The van der Waals surface area contributed by atoms with Crippen LogP contribution in [0, 0.1) is 0 Å². The van der Waals surface area contributed by atoms with E-state index in [1.165, 1.54) is 16.9 Å². The van der Waals surface area contributed by atoms with Crippen molar-refractivity contribution in [2.24, 2.45) is 0 Å². The van der Waals surface area contributed by atoms with E-state index in [0.717, 1.165) is 42.0 Å². The Morgan fingerprint density at radius 2 is 1.97 bits per heavy atom. The monoisotopic (exact) mass is 453 g/mol. The molecule has 0 atom stereocenters. The quantitative estimate of drug-likeness (QED) is 0.401. The predicted octanol–water partition coefficient (Wildman–Crippen LogP) is 4.25. The number of aliphatic hydroxyl groups excluding tert-OH is 1. The highest BCUT2D eigenvalue weighted by Crippen LogP contribution is 2.25. The van der Waals surface area contributed by atoms with Gasteiger partial charge in [-0.05, 0) is 43.1 Å². The van der Waals surface area contributed by atoms with Crippen LogP contribution in [0.1, 0.15) is 24.5 Å². The second-order valence-electron chi connectivity index (χ2n) is 7.69. The van der Waals surface area contributed by atoms with E-state index in [4.69, 9.17) is 9.84 Å². The third-order valence-electron chi connectivity index (χ3n) is 5.11. The molecule has 32 heavy (non-hydrogen) atoms. The van der Waals surface area contributed by atoms with Gasteiger partial charge in [0.1, 0.15) is 5.75 Å². The van der Waals surface area contributed by atoms with Crippen molar-refractivity contribution in [1.82, 2.24) is 9.88 Å². The third kappa shape index (κ3) is 7.44. The van der Waals surface area contributed by atoms with E-state index in [2.05, 4.69) is 46.4 Å². The van der Waals surface area contributed by atoms with Gasteiger partial charge in [0.15, 0.2) is 5.13 Å². The maximum absolute atomic E-state index is 12.5. The van der Waals surface area contributed by atoms with Gasteiger partial charge in [-0.3, -0.25) is 4.79 Å². The van der Waals surface area contributed by atoms with Gasteiger partial charge in [-0.25, -0.2) is 4.98 Å². The fourth-order valence-electron chi connectivity index (χ4n) is 3.28. The van der Waals surface area contributed by atoms with E-state index >= 15 is 0 Å². The van der Waals surface area contributed by atoms with Crippen LogP contribution in [0.4, 0.5) is 5.13 Å². The van der Waals surface area contributed by atoms with Crippen molar-refractivity contribution < 1.29 is 14.6 Å². The molecule has 6 nitrogen and oxygen atoms in total. The molecule has 0 aliphatic rings. The van der Waals surface area contributed by atoms with Crippen molar-refractivity contribution in [3.8, 4) is 17.0 Å². The minimum absolute atomic E-state index is 0.102. The van der Waals surface area contributed by atoms with Crippen molar-refractivity contribution >= 4 is 22.4 Å². The normalized spacial score (nSPS) is 11.0.